The average molecular weight is 645 g/mol. The van der Waals surface area contributed by atoms with E-state index in [9.17, 15) is 14.4 Å². The van der Waals surface area contributed by atoms with E-state index in [0.29, 0.717) is 36.6 Å². The molecular formula is C35H44N6O6. The number of benzene rings is 2. The van der Waals surface area contributed by atoms with Crippen molar-refractivity contribution in [2.24, 2.45) is 10.8 Å². The number of carbonyl (C=O) groups is 3. The number of aryl methyl sites for hydroxylation is 2. The van der Waals surface area contributed by atoms with E-state index in [1.807, 2.05) is 60.0 Å². The quantitative estimate of drug-likeness (QED) is 0.133. The number of ether oxygens (including phenoxy) is 3. The molecule has 2 heterocycles. The van der Waals surface area contributed by atoms with E-state index in [1.54, 1.807) is 41.5 Å². The maximum absolute atomic E-state index is 13.3. The zero-order valence-corrected chi connectivity index (χ0v) is 28.5. The zero-order valence-electron chi connectivity index (χ0n) is 28.5. The Balaban J connectivity index is 1.58. The Morgan fingerprint density at radius 1 is 0.809 bits per heavy atom. The predicted molar refractivity (Wildman–Crippen MR) is 175 cm³/mol. The molecule has 0 aliphatic heterocycles. The number of nitrogens with zero attached hydrogens (tertiary/aromatic N) is 6. The molecule has 4 rings (SSSR count). The fraction of sp³-hybridized carbons (Fsp3) is 0.457. The van der Waals surface area contributed by atoms with Crippen LogP contribution in [0.3, 0.4) is 0 Å². The molecule has 0 N–H and O–H groups in total. The molecule has 0 aliphatic carbocycles. The summed E-state index contributed by atoms with van der Waals surface area (Å²) in [5.74, 6) is -0.138. The molecule has 0 fully saturated rings. The van der Waals surface area contributed by atoms with Crippen molar-refractivity contribution in [1.82, 2.24) is 29.8 Å². The molecule has 0 bridgehead atoms. The summed E-state index contributed by atoms with van der Waals surface area (Å²) >= 11 is 0. The van der Waals surface area contributed by atoms with Gasteiger partial charge in [0.05, 0.1) is 16.5 Å². The van der Waals surface area contributed by atoms with Crippen molar-refractivity contribution in [3.63, 3.8) is 0 Å². The van der Waals surface area contributed by atoms with Gasteiger partial charge in [-0.25, -0.2) is 9.78 Å². The summed E-state index contributed by atoms with van der Waals surface area (Å²) in [4.78, 5) is 42.6. The van der Waals surface area contributed by atoms with Crippen molar-refractivity contribution in [2.75, 3.05) is 6.79 Å². The van der Waals surface area contributed by atoms with E-state index < -0.39 is 29.6 Å². The van der Waals surface area contributed by atoms with Crippen molar-refractivity contribution in [1.29, 1.82) is 0 Å². The Morgan fingerprint density at radius 3 is 2.06 bits per heavy atom. The van der Waals surface area contributed by atoms with Crippen LogP contribution in [0.25, 0.3) is 22.5 Å². The van der Waals surface area contributed by atoms with Crippen molar-refractivity contribution in [3.05, 3.63) is 71.3 Å². The van der Waals surface area contributed by atoms with Gasteiger partial charge in [-0.2, -0.15) is 4.68 Å². The second-order valence-electron chi connectivity index (χ2n) is 13.3. The lowest BCUT2D eigenvalue weighted by atomic mass is 9.97. The smallest absolute Gasteiger partial charge is 0.359 e. The fourth-order valence-corrected chi connectivity index (χ4v) is 4.76. The van der Waals surface area contributed by atoms with Crippen molar-refractivity contribution < 1.29 is 28.6 Å². The van der Waals surface area contributed by atoms with Crippen LogP contribution in [0.1, 0.15) is 89.4 Å². The number of esters is 3. The molecule has 0 spiro atoms. The van der Waals surface area contributed by atoms with Crippen LogP contribution in [0.2, 0.25) is 0 Å². The Bertz CT molecular complexity index is 1710. The highest BCUT2D eigenvalue weighted by Gasteiger charge is 2.27. The van der Waals surface area contributed by atoms with Gasteiger partial charge in [0.2, 0.25) is 6.79 Å². The molecule has 47 heavy (non-hydrogen) atoms. The number of hydrogen-bond donors (Lipinski definition) is 0. The summed E-state index contributed by atoms with van der Waals surface area (Å²) in [6.07, 6.45) is 2.08. The number of rotatable bonds is 12. The van der Waals surface area contributed by atoms with Crippen LogP contribution in [0.4, 0.5) is 0 Å². The zero-order chi connectivity index (χ0) is 34.4. The molecule has 0 unspecified atom stereocenters. The lowest BCUT2D eigenvalue weighted by Gasteiger charge is -2.17. The van der Waals surface area contributed by atoms with E-state index in [-0.39, 0.29) is 12.7 Å². The molecule has 2 aromatic heterocycles. The minimum atomic E-state index is -0.709. The molecule has 0 atom stereocenters. The Kier molecular flexibility index (Phi) is 10.9. The number of tetrazole rings is 1. The van der Waals surface area contributed by atoms with E-state index in [2.05, 4.69) is 22.4 Å². The fourth-order valence-electron chi connectivity index (χ4n) is 4.76. The first-order valence-electron chi connectivity index (χ1n) is 15.8. The molecule has 250 valence electrons. The third-order valence-corrected chi connectivity index (χ3v) is 7.35. The van der Waals surface area contributed by atoms with E-state index in [0.717, 1.165) is 34.5 Å². The van der Waals surface area contributed by atoms with E-state index in [4.69, 9.17) is 19.2 Å². The van der Waals surface area contributed by atoms with E-state index in [1.165, 1.54) is 4.68 Å². The summed E-state index contributed by atoms with van der Waals surface area (Å²) < 4.78 is 19.4. The summed E-state index contributed by atoms with van der Waals surface area (Å²) in [7, 11) is 0. The lowest BCUT2D eigenvalue weighted by Crippen LogP contribution is -2.25. The number of carbonyl (C=O) groups excluding carboxylic acids is 3. The normalized spacial score (nSPS) is 11.7. The van der Waals surface area contributed by atoms with Crippen molar-refractivity contribution >= 4 is 17.9 Å². The largest absolute Gasteiger partial charge is 0.442 e. The maximum atomic E-state index is 13.3. The summed E-state index contributed by atoms with van der Waals surface area (Å²) in [6.45, 7) is 14.4. The summed E-state index contributed by atoms with van der Waals surface area (Å²) in [5.41, 5.74) is 3.19. The van der Waals surface area contributed by atoms with Gasteiger partial charge in [0.15, 0.2) is 18.2 Å². The molecule has 2 aromatic carbocycles. The topological polar surface area (TPSA) is 140 Å². The lowest BCUT2D eigenvalue weighted by molar-refractivity contribution is -0.161. The van der Waals surface area contributed by atoms with Gasteiger partial charge in [0, 0.05) is 18.5 Å². The third kappa shape index (κ3) is 8.49. The molecule has 0 saturated heterocycles. The molecule has 4 aromatic rings. The first kappa shape index (κ1) is 35.0. The monoisotopic (exact) mass is 644 g/mol. The van der Waals surface area contributed by atoms with Gasteiger partial charge in [-0.05, 0) is 81.5 Å². The van der Waals surface area contributed by atoms with Crippen molar-refractivity contribution in [2.45, 2.75) is 87.9 Å². The number of aromatic nitrogens is 6. The first-order chi connectivity index (χ1) is 22.2. The average Bonchev–Trinajstić information content (AvgIpc) is 3.63. The van der Waals surface area contributed by atoms with Crippen LogP contribution in [-0.4, -0.2) is 54.5 Å². The number of imidazole rings is 1. The summed E-state index contributed by atoms with van der Waals surface area (Å²) in [6, 6.07) is 15.7. The van der Waals surface area contributed by atoms with Crippen LogP contribution in [0.15, 0.2) is 48.5 Å². The number of hydrogen-bond acceptors (Lipinski definition) is 10. The van der Waals surface area contributed by atoms with Crippen molar-refractivity contribution in [3.8, 4) is 22.5 Å². The van der Waals surface area contributed by atoms with E-state index >= 15 is 0 Å². The Hall–Kier alpha value is -4.87. The molecule has 12 nitrogen and oxygen atoms in total. The molecule has 0 amide bonds. The molecule has 0 saturated carbocycles. The summed E-state index contributed by atoms with van der Waals surface area (Å²) in [5, 5.41) is 12.1. The highest BCUT2D eigenvalue weighted by Crippen LogP contribution is 2.31. The second kappa shape index (κ2) is 14.7. The van der Waals surface area contributed by atoms with Gasteiger partial charge in [-0.15, -0.1) is 5.10 Å². The van der Waals surface area contributed by atoms with Crippen LogP contribution in [0.5, 0.6) is 0 Å². The standard InChI is InChI=1S/C35H44N6O6/c1-9-13-28-36-27(10-2)29(31(42)46-22-47-33(44)35(6,7)8)40(28)20-23-16-18-24(19-17-23)25-14-11-12-15-26(25)30-37-38-39-41(30)21-45-32(43)34(3,4)5/h11-12,14-19H,9-10,13,20-22H2,1-8H3. The minimum absolute atomic E-state index is 0.111. The molecular weight excluding hydrogens is 600 g/mol. The SMILES string of the molecule is CCCc1nc(CC)c(C(=O)OCOC(=O)C(C)(C)C)n1Cc1ccc(-c2ccccc2-c2nnnn2COC(=O)C(C)(C)C)cc1. The van der Waals surface area contributed by atoms with Gasteiger partial charge >= 0.3 is 17.9 Å². The van der Waals surface area contributed by atoms with Gasteiger partial charge in [0.1, 0.15) is 5.82 Å². The molecule has 0 aliphatic rings. The van der Waals surface area contributed by atoms with Gasteiger partial charge in [0.25, 0.3) is 0 Å². The van der Waals surface area contributed by atoms with Gasteiger partial charge < -0.3 is 18.8 Å². The molecule has 0 radical (unpaired) electrons. The van der Waals surface area contributed by atoms with Crippen LogP contribution in [-0.2, 0) is 49.9 Å². The third-order valence-electron chi connectivity index (χ3n) is 7.35. The second-order valence-corrected chi connectivity index (χ2v) is 13.3. The Labute approximate surface area is 275 Å². The van der Waals surface area contributed by atoms with Gasteiger partial charge in [-0.1, -0.05) is 62.4 Å². The van der Waals surface area contributed by atoms with Crippen LogP contribution >= 0.6 is 0 Å². The highest BCUT2D eigenvalue weighted by molar-refractivity contribution is 5.89. The predicted octanol–water partition coefficient (Wildman–Crippen LogP) is 6.02. The Morgan fingerprint density at radius 2 is 1.45 bits per heavy atom. The first-order valence-corrected chi connectivity index (χ1v) is 15.8. The molecule has 12 heteroatoms. The maximum Gasteiger partial charge on any atom is 0.359 e. The van der Waals surface area contributed by atoms with Gasteiger partial charge in [-0.3, -0.25) is 9.59 Å². The van der Waals surface area contributed by atoms with Crippen LogP contribution < -0.4 is 0 Å². The minimum Gasteiger partial charge on any atom is -0.442 e. The van der Waals surface area contributed by atoms with Crippen LogP contribution in [0, 0.1) is 10.8 Å². The highest BCUT2D eigenvalue weighted by atomic mass is 16.7.